The minimum atomic E-state index is -0.153. The monoisotopic (exact) mass is 442 g/mol. The Morgan fingerprint density at radius 1 is 0.875 bits per heavy atom. The summed E-state index contributed by atoms with van der Waals surface area (Å²) >= 11 is 0. The summed E-state index contributed by atoms with van der Waals surface area (Å²) < 4.78 is 0. The van der Waals surface area contributed by atoms with E-state index < -0.39 is 0 Å². The van der Waals surface area contributed by atoms with Crippen LogP contribution in [0, 0.1) is 56.7 Å². The van der Waals surface area contributed by atoms with E-state index in [0.717, 1.165) is 12.3 Å². The van der Waals surface area contributed by atoms with Crippen molar-refractivity contribution in [1.29, 1.82) is 0 Å². The molecule has 4 saturated carbocycles. The fraction of sp³-hybridized carbons (Fsp3) is 0.933. The molecule has 5 aliphatic carbocycles. The summed E-state index contributed by atoms with van der Waals surface area (Å²) in [5.74, 6) is 3.29. The van der Waals surface area contributed by atoms with Gasteiger partial charge in [0, 0.05) is 12.0 Å². The van der Waals surface area contributed by atoms with Crippen LogP contribution in [0.15, 0.2) is 11.6 Å². The van der Waals surface area contributed by atoms with Gasteiger partial charge in [0.25, 0.3) is 0 Å². The van der Waals surface area contributed by atoms with E-state index in [-0.39, 0.29) is 22.3 Å². The lowest BCUT2D eigenvalue weighted by atomic mass is 9.33. The van der Waals surface area contributed by atoms with Crippen LogP contribution in [-0.2, 0) is 0 Å². The first-order chi connectivity index (χ1) is 14.9. The van der Waals surface area contributed by atoms with Gasteiger partial charge in [0.1, 0.15) is 0 Å². The molecule has 0 spiro atoms. The number of rotatable bonds is 1. The molecular formula is C30H50O2. The van der Waals surface area contributed by atoms with Crippen molar-refractivity contribution in [2.24, 2.45) is 56.7 Å². The lowest BCUT2D eigenvalue weighted by Gasteiger charge is -2.71. The number of hydrogen-bond acceptors (Lipinski definition) is 2. The van der Waals surface area contributed by atoms with Gasteiger partial charge >= 0.3 is 0 Å². The largest absolute Gasteiger partial charge is 0.396 e. The van der Waals surface area contributed by atoms with Gasteiger partial charge in [-0.15, -0.1) is 0 Å². The lowest BCUT2D eigenvalue weighted by molar-refractivity contribution is -0.205. The molecule has 0 aromatic rings. The summed E-state index contributed by atoms with van der Waals surface area (Å²) in [5.41, 5.74) is 2.77. The molecule has 10 atom stereocenters. The normalized spacial score (nSPS) is 56.8. The molecule has 0 aliphatic heterocycles. The van der Waals surface area contributed by atoms with Crippen LogP contribution in [0.1, 0.15) is 106 Å². The summed E-state index contributed by atoms with van der Waals surface area (Å²) in [5, 5.41) is 21.6. The van der Waals surface area contributed by atoms with Gasteiger partial charge in [-0.2, -0.15) is 0 Å². The van der Waals surface area contributed by atoms with E-state index >= 15 is 0 Å². The molecule has 0 aromatic carbocycles. The van der Waals surface area contributed by atoms with Crippen LogP contribution >= 0.6 is 0 Å². The Labute approximate surface area is 197 Å². The predicted octanol–water partition coefficient (Wildman–Crippen LogP) is 7.00. The molecule has 0 amide bonds. The molecule has 182 valence electrons. The van der Waals surface area contributed by atoms with Crippen LogP contribution in [0.2, 0.25) is 0 Å². The molecule has 0 heterocycles. The Balaban J connectivity index is 1.59. The van der Waals surface area contributed by atoms with Crippen molar-refractivity contribution < 1.29 is 10.2 Å². The first kappa shape index (κ1) is 23.4. The second kappa shape index (κ2) is 7.09. The lowest BCUT2D eigenvalue weighted by Crippen LogP contribution is -2.65. The second-order valence-corrected chi connectivity index (χ2v) is 14.5. The Morgan fingerprint density at radius 3 is 2.28 bits per heavy atom. The van der Waals surface area contributed by atoms with Crippen LogP contribution in [0.5, 0.6) is 0 Å². The Kier molecular flexibility index (Phi) is 5.19. The molecule has 2 nitrogen and oxygen atoms in total. The average Bonchev–Trinajstić information content (AvgIpc) is 2.74. The zero-order valence-corrected chi connectivity index (χ0v) is 22.0. The van der Waals surface area contributed by atoms with E-state index in [2.05, 4.69) is 54.5 Å². The zero-order chi connectivity index (χ0) is 23.3. The summed E-state index contributed by atoms with van der Waals surface area (Å²) in [7, 11) is 0. The first-order valence-electron chi connectivity index (χ1n) is 13.9. The van der Waals surface area contributed by atoms with Crippen molar-refractivity contribution in [1.82, 2.24) is 0 Å². The number of hydrogen-bond donors (Lipinski definition) is 2. The Bertz CT molecular complexity index is 799. The molecule has 5 unspecified atom stereocenters. The van der Waals surface area contributed by atoms with Crippen LogP contribution in [-0.4, -0.2) is 22.9 Å². The molecule has 5 rings (SSSR count). The first-order valence-corrected chi connectivity index (χ1v) is 13.9. The van der Waals surface area contributed by atoms with E-state index in [1.54, 1.807) is 5.57 Å². The highest BCUT2D eigenvalue weighted by Crippen LogP contribution is 2.75. The molecule has 0 bridgehead atoms. The van der Waals surface area contributed by atoms with Gasteiger partial charge in [-0.3, -0.25) is 0 Å². The summed E-state index contributed by atoms with van der Waals surface area (Å²) in [6.45, 7) is 17.9. The molecule has 5 aliphatic rings. The van der Waals surface area contributed by atoms with E-state index in [0.29, 0.717) is 41.1 Å². The van der Waals surface area contributed by atoms with Crippen LogP contribution < -0.4 is 0 Å². The topological polar surface area (TPSA) is 40.5 Å². The second-order valence-electron chi connectivity index (χ2n) is 14.5. The quantitative estimate of drug-likeness (QED) is 0.429. The highest BCUT2D eigenvalue weighted by molar-refractivity contribution is 5.34. The molecule has 32 heavy (non-hydrogen) atoms. The number of fused-ring (bicyclic) bond motifs is 7. The predicted molar refractivity (Wildman–Crippen MR) is 132 cm³/mol. The minimum Gasteiger partial charge on any atom is -0.396 e. The molecule has 0 aromatic heterocycles. The fourth-order valence-corrected chi connectivity index (χ4v) is 10.9. The van der Waals surface area contributed by atoms with Gasteiger partial charge in [-0.1, -0.05) is 60.1 Å². The third-order valence-electron chi connectivity index (χ3n) is 13.5. The average molecular weight is 443 g/mol. The van der Waals surface area contributed by atoms with E-state index in [9.17, 15) is 10.2 Å². The third kappa shape index (κ3) is 2.66. The SMILES string of the molecule is CC1CC[C@]2(CO)CCC3(C)C(=CCC4[C@@]5(C)CC[C@H](O)C(C)(C)C5CC[C@]43C)C2[C@H]1C. The van der Waals surface area contributed by atoms with Crippen molar-refractivity contribution in [3.8, 4) is 0 Å². The summed E-state index contributed by atoms with van der Waals surface area (Å²) in [6.07, 6.45) is 13.4. The Hall–Kier alpha value is -0.340. The number of aliphatic hydroxyl groups is 2. The van der Waals surface area contributed by atoms with Gasteiger partial charge in [-0.25, -0.2) is 0 Å². The smallest absolute Gasteiger partial charge is 0.0594 e. The van der Waals surface area contributed by atoms with Gasteiger partial charge in [0.15, 0.2) is 0 Å². The molecule has 4 fully saturated rings. The van der Waals surface area contributed by atoms with Gasteiger partial charge in [-0.05, 0) is 109 Å². The zero-order valence-electron chi connectivity index (χ0n) is 22.0. The van der Waals surface area contributed by atoms with Crippen LogP contribution in [0.25, 0.3) is 0 Å². The van der Waals surface area contributed by atoms with Crippen molar-refractivity contribution in [2.75, 3.05) is 6.61 Å². The fourth-order valence-electron chi connectivity index (χ4n) is 10.9. The van der Waals surface area contributed by atoms with Crippen molar-refractivity contribution in [3.05, 3.63) is 11.6 Å². The highest BCUT2D eigenvalue weighted by atomic mass is 16.3. The van der Waals surface area contributed by atoms with E-state index in [4.69, 9.17) is 0 Å². The standard InChI is InChI=1S/C30H50O2/c1-19-10-15-30(18-31)17-16-28(6)21(25(30)20(19)2)8-9-23-27(5)13-12-24(32)26(3,4)22(27)11-14-29(23,28)7/h8,19-20,22-25,31-32H,9-18H2,1-7H3/t19?,20-,22?,23?,24-,25?,27-,28?,29+,30+/m0/s1. The van der Waals surface area contributed by atoms with Crippen molar-refractivity contribution >= 4 is 0 Å². The van der Waals surface area contributed by atoms with Crippen molar-refractivity contribution in [3.63, 3.8) is 0 Å². The van der Waals surface area contributed by atoms with E-state index in [1.165, 1.54) is 51.4 Å². The van der Waals surface area contributed by atoms with Crippen LogP contribution in [0.3, 0.4) is 0 Å². The molecule has 0 saturated heterocycles. The summed E-state index contributed by atoms with van der Waals surface area (Å²) in [4.78, 5) is 0. The maximum Gasteiger partial charge on any atom is 0.0594 e. The molecule has 0 radical (unpaired) electrons. The number of allylic oxidation sites excluding steroid dienone is 2. The van der Waals surface area contributed by atoms with Gasteiger partial charge in [0.2, 0.25) is 0 Å². The maximum atomic E-state index is 10.9. The van der Waals surface area contributed by atoms with Crippen LogP contribution in [0.4, 0.5) is 0 Å². The summed E-state index contributed by atoms with van der Waals surface area (Å²) in [6, 6.07) is 0. The van der Waals surface area contributed by atoms with Gasteiger partial charge < -0.3 is 10.2 Å². The third-order valence-corrected chi connectivity index (χ3v) is 13.5. The Morgan fingerprint density at radius 2 is 1.59 bits per heavy atom. The van der Waals surface area contributed by atoms with Crippen molar-refractivity contribution in [2.45, 2.75) is 112 Å². The number of aliphatic hydroxyl groups excluding tert-OH is 2. The van der Waals surface area contributed by atoms with E-state index in [1.807, 2.05) is 0 Å². The van der Waals surface area contributed by atoms with Gasteiger partial charge in [0.05, 0.1) is 6.10 Å². The maximum absolute atomic E-state index is 10.9. The minimum absolute atomic E-state index is 0.0190. The molecule has 2 heteroatoms. The highest BCUT2D eigenvalue weighted by Gasteiger charge is 2.68. The molecular weight excluding hydrogens is 392 g/mol. The molecule has 2 N–H and O–H groups in total.